The van der Waals surface area contributed by atoms with Gasteiger partial charge in [0.15, 0.2) is 0 Å². The molecule has 0 aromatic heterocycles. The van der Waals surface area contributed by atoms with Crippen molar-refractivity contribution in [1.82, 2.24) is 4.90 Å². The predicted octanol–water partition coefficient (Wildman–Crippen LogP) is 0.820. The molecule has 10 nitrogen and oxygen atoms in total. The molecule has 0 saturated heterocycles. The van der Waals surface area contributed by atoms with Crippen LogP contribution < -0.4 is 0 Å². The van der Waals surface area contributed by atoms with Crippen LogP contribution in [-0.4, -0.2) is 65.5 Å². The quantitative estimate of drug-likeness (QED) is 0.296. The van der Waals surface area contributed by atoms with Crippen LogP contribution in [0.1, 0.15) is 5.56 Å². The van der Waals surface area contributed by atoms with Gasteiger partial charge in [-0.2, -0.15) is 16.8 Å². The highest BCUT2D eigenvalue weighted by molar-refractivity contribution is 7.86. The first-order valence-electron chi connectivity index (χ1n) is 7.32. The van der Waals surface area contributed by atoms with Crippen LogP contribution in [0.4, 0.5) is 5.69 Å². The summed E-state index contributed by atoms with van der Waals surface area (Å²) in [6.45, 7) is 0.0952. The molecule has 1 rings (SSSR count). The van der Waals surface area contributed by atoms with Crippen LogP contribution in [-0.2, 0) is 28.6 Å². The minimum atomic E-state index is -3.59. The van der Waals surface area contributed by atoms with E-state index in [0.29, 0.717) is 5.56 Å². The van der Waals surface area contributed by atoms with Gasteiger partial charge in [-0.25, -0.2) is 0 Å². The lowest BCUT2D eigenvalue weighted by Crippen LogP contribution is -2.27. The van der Waals surface area contributed by atoms with Gasteiger partial charge in [-0.05, 0) is 30.0 Å². The molecule has 0 fully saturated rings. The van der Waals surface area contributed by atoms with Gasteiger partial charge in [0.25, 0.3) is 25.9 Å². The Morgan fingerprint density at radius 3 is 1.85 bits per heavy atom. The average molecular weight is 408 g/mol. The van der Waals surface area contributed by atoms with Gasteiger partial charge in [-0.3, -0.25) is 18.5 Å². The Bertz CT molecular complexity index is 794. The lowest BCUT2D eigenvalue weighted by molar-refractivity contribution is -0.384. The van der Waals surface area contributed by atoms with Crippen LogP contribution in [0.2, 0.25) is 0 Å². The molecule has 0 spiro atoms. The van der Waals surface area contributed by atoms with Crippen LogP contribution in [0.3, 0.4) is 0 Å². The number of hydrogen-bond donors (Lipinski definition) is 0. The third kappa shape index (κ3) is 10.1. The van der Waals surface area contributed by atoms with Crippen LogP contribution in [0, 0.1) is 10.1 Å². The second kappa shape index (κ2) is 9.62. The van der Waals surface area contributed by atoms with E-state index < -0.39 is 25.2 Å². The predicted molar refractivity (Wildman–Crippen MR) is 95.3 cm³/mol. The summed E-state index contributed by atoms with van der Waals surface area (Å²) < 4.78 is 53.4. The molecule has 0 radical (unpaired) electrons. The van der Waals surface area contributed by atoms with Gasteiger partial charge in [-0.15, -0.1) is 0 Å². The van der Waals surface area contributed by atoms with Crippen molar-refractivity contribution in [3.8, 4) is 0 Å². The summed E-state index contributed by atoms with van der Waals surface area (Å²) >= 11 is 0. The summed E-state index contributed by atoms with van der Waals surface area (Å²) in [5.74, 6) is 0. The monoisotopic (exact) mass is 408 g/mol. The first-order chi connectivity index (χ1) is 12.0. The first-order valence-corrected chi connectivity index (χ1v) is 10.9. The Hall–Kier alpha value is -2.02. The van der Waals surface area contributed by atoms with Crippen molar-refractivity contribution in [2.75, 3.05) is 38.8 Å². The Labute approximate surface area is 152 Å². The second-order valence-electron chi connectivity index (χ2n) is 5.25. The second-order valence-corrected chi connectivity index (χ2v) is 8.54. The number of nitro benzene ring substituents is 1. The molecule has 1 aromatic rings. The molecule has 26 heavy (non-hydrogen) atoms. The zero-order valence-electron chi connectivity index (χ0n) is 14.3. The standard InChI is InChI=1S/C14H20N2O8S2/c1-25(19,20)23-11-9-15(10-12-24-26(2,21)22)8-7-13-3-5-14(6-4-13)16(17)18/h3-8H,9-12H2,1-2H3/b8-7+. The Morgan fingerprint density at radius 1 is 1.00 bits per heavy atom. The number of hydrogen-bond acceptors (Lipinski definition) is 9. The molecular formula is C14H20N2O8S2. The van der Waals surface area contributed by atoms with Crippen molar-refractivity contribution in [3.63, 3.8) is 0 Å². The zero-order valence-corrected chi connectivity index (χ0v) is 15.9. The van der Waals surface area contributed by atoms with Gasteiger partial charge < -0.3 is 4.90 Å². The number of nitro groups is 1. The van der Waals surface area contributed by atoms with E-state index in [9.17, 15) is 26.9 Å². The highest BCUT2D eigenvalue weighted by Crippen LogP contribution is 2.13. The molecule has 12 heteroatoms. The van der Waals surface area contributed by atoms with E-state index in [0.717, 1.165) is 12.5 Å². The van der Waals surface area contributed by atoms with Crippen LogP contribution in [0.5, 0.6) is 0 Å². The van der Waals surface area contributed by atoms with E-state index in [2.05, 4.69) is 8.37 Å². The van der Waals surface area contributed by atoms with Crippen molar-refractivity contribution < 1.29 is 30.1 Å². The van der Waals surface area contributed by atoms with Crippen molar-refractivity contribution in [2.24, 2.45) is 0 Å². The number of non-ortho nitro benzene ring substituents is 1. The summed E-state index contributed by atoms with van der Waals surface area (Å²) in [6, 6.07) is 5.80. The molecule has 0 amide bonds. The normalized spacial score (nSPS) is 12.4. The molecule has 0 N–H and O–H groups in total. The third-order valence-corrected chi connectivity index (χ3v) is 4.12. The Kier molecular flexibility index (Phi) is 8.14. The summed E-state index contributed by atoms with van der Waals surface area (Å²) in [4.78, 5) is 11.7. The minimum absolute atomic E-state index is 0.0397. The smallest absolute Gasteiger partial charge is 0.269 e. The van der Waals surface area contributed by atoms with E-state index in [-0.39, 0.29) is 32.0 Å². The van der Waals surface area contributed by atoms with Crippen molar-refractivity contribution in [3.05, 3.63) is 46.1 Å². The van der Waals surface area contributed by atoms with Crippen LogP contribution in [0.25, 0.3) is 6.08 Å². The summed E-state index contributed by atoms with van der Waals surface area (Å²) in [6.07, 6.45) is 5.09. The van der Waals surface area contributed by atoms with E-state index in [4.69, 9.17) is 0 Å². The van der Waals surface area contributed by atoms with E-state index in [1.54, 1.807) is 29.3 Å². The van der Waals surface area contributed by atoms with E-state index >= 15 is 0 Å². The molecule has 0 bridgehead atoms. The Balaban J connectivity index is 2.73. The van der Waals surface area contributed by atoms with Gasteiger partial charge in [0, 0.05) is 25.2 Å². The maximum Gasteiger partial charge on any atom is 0.269 e. The molecule has 0 heterocycles. The molecule has 146 valence electrons. The Morgan fingerprint density at radius 2 is 1.46 bits per heavy atom. The van der Waals surface area contributed by atoms with Gasteiger partial charge in [0.1, 0.15) is 0 Å². The lowest BCUT2D eigenvalue weighted by Gasteiger charge is -2.19. The van der Waals surface area contributed by atoms with Crippen molar-refractivity contribution in [1.29, 1.82) is 0 Å². The van der Waals surface area contributed by atoms with Gasteiger partial charge >= 0.3 is 0 Å². The maximum absolute atomic E-state index is 11.0. The van der Waals surface area contributed by atoms with Gasteiger partial charge in [0.05, 0.1) is 30.6 Å². The largest absolute Gasteiger partial charge is 0.373 e. The summed E-state index contributed by atoms with van der Waals surface area (Å²) in [5, 5.41) is 10.6. The van der Waals surface area contributed by atoms with E-state index in [1.165, 1.54) is 12.1 Å². The molecule has 0 unspecified atom stereocenters. The number of benzene rings is 1. The number of rotatable bonds is 11. The third-order valence-electron chi connectivity index (χ3n) is 2.93. The lowest BCUT2D eigenvalue weighted by atomic mass is 10.2. The molecule has 0 atom stereocenters. The summed E-state index contributed by atoms with van der Waals surface area (Å²) in [5.41, 5.74) is 0.635. The van der Waals surface area contributed by atoms with Crippen molar-refractivity contribution in [2.45, 2.75) is 0 Å². The van der Waals surface area contributed by atoms with Crippen LogP contribution in [0.15, 0.2) is 30.5 Å². The minimum Gasteiger partial charge on any atom is -0.373 e. The maximum atomic E-state index is 11.0. The molecular weight excluding hydrogens is 388 g/mol. The fraction of sp³-hybridized carbons (Fsp3) is 0.429. The molecule has 0 saturated carbocycles. The number of nitrogens with zero attached hydrogens (tertiary/aromatic N) is 2. The highest BCUT2D eigenvalue weighted by Gasteiger charge is 2.07. The summed E-state index contributed by atoms with van der Waals surface area (Å²) in [7, 11) is -7.17. The fourth-order valence-corrected chi connectivity index (χ4v) is 2.53. The van der Waals surface area contributed by atoms with Crippen molar-refractivity contribution >= 4 is 32.0 Å². The van der Waals surface area contributed by atoms with Gasteiger partial charge in [0.2, 0.25) is 0 Å². The topological polar surface area (TPSA) is 133 Å². The highest BCUT2D eigenvalue weighted by atomic mass is 32.2. The molecule has 1 aromatic carbocycles. The van der Waals surface area contributed by atoms with E-state index in [1.807, 2.05) is 0 Å². The fourth-order valence-electron chi connectivity index (χ4n) is 1.77. The van der Waals surface area contributed by atoms with Crippen LogP contribution >= 0.6 is 0 Å². The molecule has 0 aliphatic heterocycles. The first kappa shape index (κ1) is 22.0. The molecule has 0 aliphatic rings. The average Bonchev–Trinajstić information content (AvgIpc) is 2.50. The SMILES string of the molecule is CS(=O)(=O)OCCN(/C=C/c1ccc([N+](=O)[O-])cc1)CCOS(C)(=O)=O. The van der Waals surface area contributed by atoms with Gasteiger partial charge in [-0.1, -0.05) is 0 Å². The molecule has 0 aliphatic carbocycles. The zero-order chi connectivity index (χ0) is 19.8.